The maximum Gasteiger partial charge on any atom is 0.329 e. The Balaban J connectivity index is 1.81. The molecule has 1 aromatic heterocycles. The van der Waals surface area contributed by atoms with Gasteiger partial charge in [0.05, 0.1) is 12.3 Å². The highest BCUT2D eigenvalue weighted by molar-refractivity contribution is 7.17. The number of aliphatic carboxylic acids is 1. The highest BCUT2D eigenvalue weighted by atomic mass is 32.1. The van der Waals surface area contributed by atoms with Crippen LogP contribution in [-0.2, 0) is 4.79 Å². The number of hydrogen-bond donors (Lipinski definition) is 2. The van der Waals surface area contributed by atoms with E-state index in [4.69, 9.17) is 4.74 Å². The number of carbonyl (C=O) groups excluding carboxylic acids is 1. The Labute approximate surface area is 156 Å². The van der Waals surface area contributed by atoms with Crippen molar-refractivity contribution in [3.8, 4) is 16.3 Å². The summed E-state index contributed by atoms with van der Waals surface area (Å²) in [6, 6.07) is 7.54. The van der Waals surface area contributed by atoms with Crippen molar-refractivity contribution in [1.29, 1.82) is 0 Å². The minimum atomic E-state index is -1.15. The molecular weight excluding hydrogens is 352 g/mol. The van der Waals surface area contributed by atoms with Crippen LogP contribution in [0.1, 0.15) is 48.0 Å². The predicted molar refractivity (Wildman–Crippen MR) is 99.8 cm³/mol. The predicted octanol–water partition coefficient (Wildman–Crippen LogP) is 3.64. The fraction of sp³-hybridized carbons (Fsp3) is 0.421. The zero-order valence-electron chi connectivity index (χ0n) is 14.9. The summed E-state index contributed by atoms with van der Waals surface area (Å²) in [7, 11) is 0. The number of hydrogen-bond acceptors (Lipinski definition) is 5. The van der Waals surface area contributed by atoms with Gasteiger partial charge in [0.25, 0.3) is 5.91 Å². The van der Waals surface area contributed by atoms with Crippen LogP contribution in [0.3, 0.4) is 0 Å². The minimum Gasteiger partial charge on any atom is -0.494 e. The number of ether oxygens (including phenoxy) is 1. The van der Waals surface area contributed by atoms with Crippen LogP contribution in [0.25, 0.3) is 10.6 Å². The zero-order valence-corrected chi connectivity index (χ0v) is 15.7. The first-order chi connectivity index (χ1) is 12.4. The van der Waals surface area contributed by atoms with Crippen LogP contribution in [-0.4, -0.2) is 34.1 Å². The van der Waals surface area contributed by atoms with E-state index in [1.807, 2.05) is 31.2 Å². The van der Waals surface area contributed by atoms with Crippen LogP contribution in [0.4, 0.5) is 0 Å². The molecule has 6 nitrogen and oxygen atoms in total. The number of nitrogens with one attached hydrogen (secondary N) is 1. The van der Waals surface area contributed by atoms with Gasteiger partial charge in [0.15, 0.2) is 0 Å². The molecule has 0 bridgehead atoms. The van der Waals surface area contributed by atoms with Crippen molar-refractivity contribution in [2.45, 2.75) is 45.1 Å². The minimum absolute atomic E-state index is 0.360. The SMILES string of the molecule is CCOc1ccc(-c2nc(C)c(C(=O)NC3(C(=O)O)CCCC3)s2)cc1. The van der Waals surface area contributed by atoms with Crippen molar-refractivity contribution < 1.29 is 19.4 Å². The number of carboxylic acid groups (broad SMARTS) is 1. The number of amides is 1. The normalized spacial score (nSPS) is 15.6. The molecule has 0 spiro atoms. The van der Waals surface area contributed by atoms with Gasteiger partial charge < -0.3 is 15.2 Å². The van der Waals surface area contributed by atoms with E-state index in [2.05, 4.69) is 10.3 Å². The lowest BCUT2D eigenvalue weighted by Gasteiger charge is -2.24. The Morgan fingerprint density at radius 2 is 1.92 bits per heavy atom. The Morgan fingerprint density at radius 1 is 1.27 bits per heavy atom. The lowest BCUT2D eigenvalue weighted by Crippen LogP contribution is -2.52. The Hall–Kier alpha value is -2.41. The quantitative estimate of drug-likeness (QED) is 0.806. The van der Waals surface area contributed by atoms with Crippen molar-refractivity contribution in [1.82, 2.24) is 10.3 Å². The lowest BCUT2D eigenvalue weighted by molar-refractivity contribution is -0.144. The van der Waals surface area contributed by atoms with Gasteiger partial charge in [0.2, 0.25) is 0 Å². The van der Waals surface area contributed by atoms with E-state index in [1.54, 1.807) is 6.92 Å². The molecule has 0 radical (unpaired) electrons. The number of aryl methyl sites for hydroxylation is 1. The van der Waals surface area contributed by atoms with Crippen LogP contribution in [0.5, 0.6) is 5.75 Å². The summed E-state index contributed by atoms with van der Waals surface area (Å²) in [6.07, 6.45) is 2.56. The molecule has 2 N–H and O–H groups in total. The maximum atomic E-state index is 12.7. The van der Waals surface area contributed by atoms with E-state index < -0.39 is 11.5 Å². The highest BCUT2D eigenvalue weighted by Crippen LogP contribution is 2.33. The van der Waals surface area contributed by atoms with Gasteiger partial charge in [0.1, 0.15) is 21.2 Å². The molecule has 1 aliphatic rings. The second kappa shape index (κ2) is 7.45. The topological polar surface area (TPSA) is 88.5 Å². The lowest BCUT2D eigenvalue weighted by atomic mass is 9.98. The number of carboxylic acids is 1. The molecule has 7 heteroatoms. The van der Waals surface area contributed by atoms with E-state index >= 15 is 0 Å². The maximum absolute atomic E-state index is 12.7. The highest BCUT2D eigenvalue weighted by Gasteiger charge is 2.43. The van der Waals surface area contributed by atoms with Gasteiger partial charge >= 0.3 is 5.97 Å². The van der Waals surface area contributed by atoms with Gasteiger partial charge in [-0.2, -0.15) is 0 Å². The van der Waals surface area contributed by atoms with Crippen LogP contribution < -0.4 is 10.1 Å². The van der Waals surface area contributed by atoms with Crippen LogP contribution in [0.2, 0.25) is 0 Å². The third-order valence-corrected chi connectivity index (χ3v) is 5.84. The molecule has 0 saturated heterocycles. The van der Waals surface area contributed by atoms with Crippen molar-refractivity contribution in [3.63, 3.8) is 0 Å². The van der Waals surface area contributed by atoms with Crippen molar-refractivity contribution >= 4 is 23.2 Å². The molecule has 1 aromatic carbocycles. The molecule has 1 aliphatic carbocycles. The van der Waals surface area contributed by atoms with Crippen molar-refractivity contribution in [2.75, 3.05) is 6.61 Å². The number of nitrogens with zero attached hydrogens (tertiary/aromatic N) is 1. The summed E-state index contributed by atoms with van der Waals surface area (Å²) < 4.78 is 5.44. The largest absolute Gasteiger partial charge is 0.494 e. The average molecular weight is 374 g/mol. The zero-order chi connectivity index (χ0) is 18.7. The molecule has 0 atom stereocenters. The molecule has 1 saturated carbocycles. The third kappa shape index (κ3) is 3.58. The fourth-order valence-corrected chi connectivity index (χ4v) is 4.20. The standard InChI is InChI=1S/C19H22N2O4S/c1-3-25-14-8-6-13(7-9-14)17-20-12(2)15(26-17)16(22)21-19(18(23)24)10-4-5-11-19/h6-9H,3-5,10-11H2,1-2H3,(H,21,22)(H,23,24). The van der Waals surface area contributed by atoms with E-state index in [1.165, 1.54) is 11.3 Å². The summed E-state index contributed by atoms with van der Waals surface area (Å²) in [5, 5.41) is 13.0. The Kier molecular flexibility index (Phi) is 5.27. The molecule has 0 aliphatic heterocycles. The number of rotatable bonds is 6. The third-order valence-electron chi connectivity index (χ3n) is 4.63. The number of carbonyl (C=O) groups is 2. The molecule has 1 amide bonds. The monoisotopic (exact) mass is 374 g/mol. The van der Waals surface area contributed by atoms with E-state index in [-0.39, 0.29) is 5.91 Å². The van der Waals surface area contributed by atoms with E-state index in [0.717, 1.165) is 29.2 Å². The summed E-state index contributed by atoms with van der Waals surface area (Å²) in [4.78, 5) is 29.3. The molecule has 138 valence electrons. The Morgan fingerprint density at radius 3 is 2.50 bits per heavy atom. The number of aromatic nitrogens is 1. The smallest absolute Gasteiger partial charge is 0.329 e. The first-order valence-corrected chi connectivity index (χ1v) is 9.53. The van der Waals surface area contributed by atoms with E-state index in [9.17, 15) is 14.7 Å². The first kappa shape index (κ1) is 18.4. The van der Waals surface area contributed by atoms with Crippen LogP contribution in [0, 0.1) is 6.92 Å². The van der Waals surface area contributed by atoms with Crippen molar-refractivity contribution in [2.24, 2.45) is 0 Å². The van der Waals surface area contributed by atoms with Gasteiger partial charge in [-0.3, -0.25) is 4.79 Å². The molecule has 26 heavy (non-hydrogen) atoms. The summed E-state index contributed by atoms with van der Waals surface area (Å²) in [5.74, 6) is -0.536. The van der Waals surface area contributed by atoms with Gasteiger partial charge in [-0.1, -0.05) is 12.8 Å². The number of benzene rings is 1. The van der Waals surface area contributed by atoms with Gasteiger partial charge in [-0.05, 0) is 51.0 Å². The molecule has 1 heterocycles. The van der Waals surface area contributed by atoms with Crippen molar-refractivity contribution in [3.05, 3.63) is 34.8 Å². The first-order valence-electron chi connectivity index (χ1n) is 8.72. The Bertz CT molecular complexity index is 807. The van der Waals surface area contributed by atoms with Gasteiger partial charge in [-0.15, -0.1) is 11.3 Å². The molecule has 0 unspecified atom stereocenters. The van der Waals surface area contributed by atoms with Crippen LogP contribution >= 0.6 is 11.3 Å². The van der Waals surface area contributed by atoms with Gasteiger partial charge in [-0.25, -0.2) is 9.78 Å². The molecule has 1 fully saturated rings. The average Bonchev–Trinajstić information content (AvgIpc) is 3.23. The number of thiazole rings is 1. The molecular formula is C19H22N2O4S. The fourth-order valence-electron chi connectivity index (χ4n) is 3.24. The summed E-state index contributed by atoms with van der Waals surface area (Å²) in [5.41, 5.74) is 0.358. The van der Waals surface area contributed by atoms with E-state index in [0.29, 0.717) is 30.0 Å². The molecule has 2 aromatic rings. The summed E-state index contributed by atoms with van der Waals surface area (Å²) >= 11 is 1.28. The van der Waals surface area contributed by atoms with Crippen LogP contribution in [0.15, 0.2) is 24.3 Å². The van der Waals surface area contributed by atoms with Gasteiger partial charge in [0, 0.05) is 5.56 Å². The second-order valence-corrected chi connectivity index (χ2v) is 7.44. The summed E-state index contributed by atoms with van der Waals surface area (Å²) in [6.45, 7) is 4.30. The second-order valence-electron chi connectivity index (χ2n) is 6.44. The molecule has 3 rings (SSSR count).